The fourth-order valence-electron chi connectivity index (χ4n) is 3.05. The summed E-state index contributed by atoms with van der Waals surface area (Å²) in [6.45, 7) is 2.24. The van der Waals surface area contributed by atoms with Crippen molar-refractivity contribution in [2.24, 2.45) is 0 Å². The molecule has 0 atom stereocenters. The summed E-state index contributed by atoms with van der Waals surface area (Å²) < 4.78 is 12.1. The Kier molecular flexibility index (Phi) is 8.58. The molecule has 0 unspecified atom stereocenters. The Morgan fingerprint density at radius 3 is 2.37 bits per heavy atom. The van der Waals surface area contributed by atoms with Crippen molar-refractivity contribution in [2.75, 3.05) is 6.61 Å². The molecule has 180 valence electrons. The number of carbonyl (C=O) groups excluding carboxylic acids is 1. The molecule has 9 nitrogen and oxygen atoms in total. The number of ether oxygens (including phenoxy) is 2. The molecule has 35 heavy (non-hydrogen) atoms. The lowest BCUT2D eigenvalue weighted by Gasteiger charge is -2.15. The van der Waals surface area contributed by atoms with E-state index < -0.39 is 16.8 Å². The zero-order valence-electron chi connectivity index (χ0n) is 18.6. The Hall–Kier alpha value is -4.18. The molecule has 0 heterocycles. The first-order chi connectivity index (χ1) is 16.8. The van der Waals surface area contributed by atoms with Gasteiger partial charge in [-0.05, 0) is 76.5 Å². The van der Waals surface area contributed by atoms with E-state index in [2.05, 4.69) is 21.2 Å². The van der Waals surface area contributed by atoms with Crippen LogP contribution in [0.1, 0.15) is 28.4 Å². The number of carbonyl (C=O) groups is 2. The van der Waals surface area contributed by atoms with Gasteiger partial charge in [-0.2, -0.15) is 0 Å². The number of halogens is 1. The van der Waals surface area contributed by atoms with E-state index in [1.165, 1.54) is 18.2 Å². The molecule has 0 saturated carbocycles. The predicted octanol–water partition coefficient (Wildman–Crippen LogP) is 5.19. The third-order valence-corrected chi connectivity index (χ3v) is 5.28. The third-order valence-electron chi connectivity index (χ3n) is 4.69. The van der Waals surface area contributed by atoms with Gasteiger partial charge in [-0.25, -0.2) is 4.79 Å². The Labute approximate surface area is 209 Å². The van der Waals surface area contributed by atoms with Crippen LogP contribution in [0.4, 0.5) is 5.69 Å². The lowest BCUT2D eigenvalue weighted by molar-refractivity contribution is -0.384. The maximum absolute atomic E-state index is 12.4. The number of carboxylic acid groups (broad SMARTS) is 1. The smallest absolute Gasteiger partial charge is 0.352 e. The maximum Gasteiger partial charge on any atom is 0.352 e. The monoisotopic (exact) mass is 540 g/mol. The van der Waals surface area contributed by atoms with E-state index in [1.54, 1.807) is 61.5 Å². The highest BCUT2D eigenvalue weighted by Gasteiger charge is 2.16. The highest BCUT2D eigenvalue weighted by Crippen LogP contribution is 2.38. The molecule has 3 rings (SSSR count). The maximum atomic E-state index is 12.4. The van der Waals surface area contributed by atoms with Crippen LogP contribution in [0, 0.1) is 10.1 Å². The van der Waals surface area contributed by atoms with E-state index in [0.717, 1.165) is 0 Å². The van der Waals surface area contributed by atoms with E-state index in [0.29, 0.717) is 39.3 Å². The highest BCUT2D eigenvalue weighted by atomic mass is 79.9. The second-order valence-electron chi connectivity index (χ2n) is 7.16. The van der Waals surface area contributed by atoms with Crippen LogP contribution < -0.4 is 14.8 Å². The number of nitro groups is 1. The lowest BCUT2D eigenvalue weighted by atomic mass is 10.1. The van der Waals surface area contributed by atoms with Crippen LogP contribution in [-0.2, 0) is 11.4 Å². The minimum atomic E-state index is -1.30. The molecule has 3 aromatic rings. The van der Waals surface area contributed by atoms with Crippen LogP contribution >= 0.6 is 15.9 Å². The first-order valence-electron chi connectivity index (χ1n) is 10.4. The summed E-state index contributed by atoms with van der Waals surface area (Å²) in [5.74, 6) is -1.12. The number of hydrogen-bond donors (Lipinski definition) is 2. The van der Waals surface area contributed by atoms with Crippen molar-refractivity contribution in [3.63, 3.8) is 0 Å². The average molecular weight is 541 g/mol. The molecule has 1 amide bonds. The van der Waals surface area contributed by atoms with Crippen LogP contribution in [0.15, 0.2) is 76.9 Å². The average Bonchev–Trinajstić information content (AvgIpc) is 2.84. The van der Waals surface area contributed by atoms with Gasteiger partial charge in [0.15, 0.2) is 11.5 Å². The van der Waals surface area contributed by atoms with Crippen molar-refractivity contribution >= 4 is 39.6 Å². The van der Waals surface area contributed by atoms with Crippen molar-refractivity contribution in [3.05, 3.63) is 104 Å². The van der Waals surface area contributed by atoms with Gasteiger partial charge in [0.25, 0.3) is 11.6 Å². The number of nitrogens with zero attached hydrogens (tertiary/aromatic N) is 1. The van der Waals surface area contributed by atoms with E-state index in [1.807, 2.05) is 0 Å². The fraction of sp³-hybridized carbons (Fsp3) is 0.120. The Morgan fingerprint density at radius 1 is 1.09 bits per heavy atom. The Balaban J connectivity index is 1.84. The van der Waals surface area contributed by atoms with Crippen LogP contribution in [0.3, 0.4) is 0 Å². The summed E-state index contributed by atoms with van der Waals surface area (Å²) in [6.07, 6.45) is 1.32. The van der Waals surface area contributed by atoms with Gasteiger partial charge in [0.05, 0.1) is 16.0 Å². The third kappa shape index (κ3) is 6.90. The Morgan fingerprint density at radius 2 is 1.77 bits per heavy atom. The first kappa shape index (κ1) is 25.4. The number of hydrogen-bond acceptors (Lipinski definition) is 6. The van der Waals surface area contributed by atoms with Gasteiger partial charge >= 0.3 is 5.97 Å². The number of aliphatic carboxylic acids is 1. The minimum Gasteiger partial charge on any atom is -0.490 e. The quantitative estimate of drug-likeness (QED) is 0.205. The topological polar surface area (TPSA) is 128 Å². The molecular weight excluding hydrogens is 520 g/mol. The van der Waals surface area contributed by atoms with Crippen LogP contribution in [0.25, 0.3) is 6.08 Å². The molecule has 0 spiro atoms. The zero-order chi connectivity index (χ0) is 25.4. The number of non-ortho nitro benzene ring substituents is 1. The van der Waals surface area contributed by atoms with Gasteiger partial charge in [0, 0.05) is 17.7 Å². The number of nitrogens with one attached hydrogen (secondary N) is 1. The molecule has 0 aliphatic heterocycles. The fourth-order valence-corrected chi connectivity index (χ4v) is 3.62. The molecule has 0 radical (unpaired) electrons. The molecule has 0 aromatic heterocycles. The highest BCUT2D eigenvalue weighted by molar-refractivity contribution is 9.10. The number of amides is 1. The molecule has 0 bridgehead atoms. The van der Waals surface area contributed by atoms with Gasteiger partial charge in [-0.3, -0.25) is 14.9 Å². The second kappa shape index (κ2) is 11.8. The lowest BCUT2D eigenvalue weighted by Crippen LogP contribution is -2.27. The number of rotatable bonds is 10. The summed E-state index contributed by atoms with van der Waals surface area (Å²) in [4.78, 5) is 34.5. The minimum absolute atomic E-state index is 0.0188. The normalized spacial score (nSPS) is 11.0. The number of nitro benzene ring substituents is 1. The molecule has 2 N–H and O–H groups in total. The predicted molar refractivity (Wildman–Crippen MR) is 132 cm³/mol. The van der Waals surface area contributed by atoms with E-state index in [-0.39, 0.29) is 18.0 Å². The van der Waals surface area contributed by atoms with Crippen LogP contribution in [-0.4, -0.2) is 28.5 Å². The van der Waals surface area contributed by atoms with Crippen molar-refractivity contribution in [1.82, 2.24) is 5.32 Å². The summed E-state index contributed by atoms with van der Waals surface area (Å²) >= 11 is 3.43. The van der Waals surface area contributed by atoms with E-state index >= 15 is 0 Å². The molecule has 10 heteroatoms. The van der Waals surface area contributed by atoms with Gasteiger partial charge in [-0.15, -0.1) is 0 Å². The Bertz CT molecular complexity index is 1260. The molecular formula is C25H21BrN2O7. The van der Waals surface area contributed by atoms with Gasteiger partial charge in [-0.1, -0.05) is 18.2 Å². The molecule has 3 aromatic carbocycles. The van der Waals surface area contributed by atoms with Crippen molar-refractivity contribution in [2.45, 2.75) is 13.5 Å². The molecule has 0 aliphatic carbocycles. The number of benzene rings is 3. The summed E-state index contributed by atoms with van der Waals surface area (Å²) in [6, 6.07) is 17.5. The van der Waals surface area contributed by atoms with Crippen molar-refractivity contribution in [1.29, 1.82) is 0 Å². The first-order valence-corrected chi connectivity index (χ1v) is 11.2. The second-order valence-corrected chi connectivity index (χ2v) is 8.01. The molecule has 0 saturated heterocycles. The standard InChI is InChI=1S/C25H21BrN2O7/c1-2-34-22-14-17(13-21(25(30)31)27-24(29)18-6-4-3-5-7-18)12-20(26)23(22)35-15-16-8-10-19(11-9-16)28(32)33/h3-14H,2,15H2,1H3,(H,27,29)(H,30,31). The van der Waals surface area contributed by atoms with Crippen LogP contribution in [0.5, 0.6) is 11.5 Å². The van der Waals surface area contributed by atoms with Gasteiger partial charge < -0.3 is 19.9 Å². The van der Waals surface area contributed by atoms with E-state index in [4.69, 9.17) is 9.47 Å². The zero-order valence-corrected chi connectivity index (χ0v) is 20.2. The largest absolute Gasteiger partial charge is 0.490 e. The van der Waals surface area contributed by atoms with Crippen LogP contribution in [0.2, 0.25) is 0 Å². The SMILES string of the molecule is CCOc1cc(C=C(NC(=O)c2ccccc2)C(=O)O)cc(Br)c1OCc1ccc([N+](=O)[O-])cc1. The van der Waals surface area contributed by atoms with Gasteiger partial charge in [0.2, 0.25) is 0 Å². The summed E-state index contributed by atoms with van der Waals surface area (Å²) in [7, 11) is 0. The number of carboxylic acids is 1. The summed E-state index contributed by atoms with van der Waals surface area (Å²) in [5, 5.41) is 22.8. The van der Waals surface area contributed by atoms with Crippen molar-refractivity contribution in [3.8, 4) is 11.5 Å². The van der Waals surface area contributed by atoms with E-state index in [9.17, 15) is 24.8 Å². The summed E-state index contributed by atoms with van der Waals surface area (Å²) in [5.41, 5.74) is 1.16. The van der Waals surface area contributed by atoms with Gasteiger partial charge in [0.1, 0.15) is 12.3 Å². The van der Waals surface area contributed by atoms with Crippen molar-refractivity contribution < 1.29 is 29.1 Å². The molecule has 0 fully saturated rings. The molecule has 0 aliphatic rings.